The normalized spacial score (nSPS) is 14.3. The predicted molar refractivity (Wildman–Crippen MR) is 73.8 cm³/mol. The molecule has 0 aromatic heterocycles. The van der Waals surface area contributed by atoms with Crippen molar-refractivity contribution in [3.8, 4) is 0 Å². The molecule has 7 heteroatoms. The van der Waals surface area contributed by atoms with Gasteiger partial charge in [-0.05, 0) is 24.5 Å². The van der Waals surface area contributed by atoms with Gasteiger partial charge >= 0.3 is 6.18 Å². The van der Waals surface area contributed by atoms with Crippen molar-refractivity contribution in [2.75, 3.05) is 5.32 Å². The van der Waals surface area contributed by atoms with Gasteiger partial charge < -0.3 is 5.32 Å². The second kappa shape index (κ2) is 6.38. The van der Waals surface area contributed by atoms with E-state index in [9.17, 15) is 26.3 Å². The van der Waals surface area contributed by atoms with E-state index in [1.165, 1.54) is 20.8 Å². The van der Waals surface area contributed by atoms with E-state index >= 15 is 0 Å². The Bertz CT molecular complexity index is 516. The summed E-state index contributed by atoms with van der Waals surface area (Å²) in [7, 11) is 0. The Morgan fingerprint density at radius 2 is 1.64 bits per heavy atom. The fraction of sp³-hybridized carbons (Fsp3) is 0.600. The van der Waals surface area contributed by atoms with E-state index in [-0.39, 0.29) is 12.1 Å². The molecular weight excluding hydrogens is 308 g/mol. The van der Waals surface area contributed by atoms with Crippen molar-refractivity contribution in [2.45, 2.75) is 58.2 Å². The topological polar surface area (TPSA) is 12.0 Å². The molecule has 1 aromatic carbocycles. The van der Waals surface area contributed by atoms with E-state index in [0.717, 1.165) is 6.07 Å². The van der Waals surface area contributed by atoms with Gasteiger partial charge in [0.15, 0.2) is 0 Å². The van der Waals surface area contributed by atoms with Crippen LogP contribution in [-0.2, 0) is 6.18 Å². The Morgan fingerprint density at radius 1 is 1.09 bits per heavy atom. The number of alkyl halides is 5. The first-order valence-electron chi connectivity index (χ1n) is 6.92. The molecule has 1 atom stereocenters. The molecule has 0 saturated heterocycles. The van der Waals surface area contributed by atoms with Gasteiger partial charge in [-0.1, -0.05) is 20.8 Å². The van der Waals surface area contributed by atoms with Gasteiger partial charge in [0.1, 0.15) is 5.82 Å². The number of benzene rings is 1. The van der Waals surface area contributed by atoms with Crippen LogP contribution < -0.4 is 5.32 Å². The zero-order valence-corrected chi connectivity index (χ0v) is 12.8. The van der Waals surface area contributed by atoms with Crippen LogP contribution >= 0.6 is 0 Å². The third-order valence-electron chi connectivity index (χ3n) is 3.37. The molecule has 1 nitrogen and oxygen atoms in total. The zero-order chi connectivity index (χ0) is 17.3. The molecule has 1 aromatic rings. The molecule has 0 aliphatic heterocycles. The lowest BCUT2D eigenvalue weighted by Crippen LogP contribution is -2.36. The van der Waals surface area contributed by atoms with Crippen molar-refractivity contribution >= 4 is 5.69 Å². The van der Waals surface area contributed by atoms with Crippen LogP contribution in [0.25, 0.3) is 0 Å². The van der Waals surface area contributed by atoms with E-state index < -0.39 is 41.0 Å². The quantitative estimate of drug-likeness (QED) is 0.673. The molecule has 22 heavy (non-hydrogen) atoms. The first kappa shape index (κ1) is 18.6. The Morgan fingerprint density at radius 3 is 2.00 bits per heavy atom. The summed E-state index contributed by atoms with van der Waals surface area (Å²) in [6.45, 7) is 5.02. The van der Waals surface area contributed by atoms with Crippen LogP contribution in [0.4, 0.5) is 32.0 Å². The minimum Gasteiger partial charge on any atom is -0.376 e. The average molecular weight is 327 g/mol. The molecule has 0 radical (unpaired) electrons. The number of hydrogen-bond acceptors (Lipinski definition) is 1. The van der Waals surface area contributed by atoms with Crippen molar-refractivity contribution in [3.05, 3.63) is 29.1 Å². The highest BCUT2D eigenvalue weighted by Crippen LogP contribution is 2.39. The maximum Gasteiger partial charge on any atom is 0.416 e. The smallest absolute Gasteiger partial charge is 0.376 e. The predicted octanol–water partition coefficient (Wildman–Crippen LogP) is 5.81. The molecule has 1 N–H and O–H groups in total. The standard InChI is InChI=1S/C15H19F6N/c1-5-12(14(4,17)18)22-9-6-10(15(19,20)21)13(8(2)3)11(16)7-9/h6-8,12,22H,5H2,1-4H3. The highest BCUT2D eigenvalue weighted by molar-refractivity contribution is 5.52. The summed E-state index contributed by atoms with van der Waals surface area (Å²) >= 11 is 0. The third-order valence-corrected chi connectivity index (χ3v) is 3.37. The van der Waals surface area contributed by atoms with Crippen LogP contribution in [0.1, 0.15) is 51.2 Å². The van der Waals surface area contributed by atoms with Crippen LogP contribution in [0.2, 0.25) is 0 Å². The van der Waals surface area contributed by atoms with Crippen LogP contribution in [0.15, 0.2) is 12.1 Å². The van der Waals surface area contributed by atoms with Gasteiger partial charge in [0, 0.05) is 18.2 Å². The van der Waals surface area contributed by atoms with E-state index in [4.69, 9.17) is 0 Å². The second-order valence-corrected chi connectivity index (χ2v) is 5.63. The summed E-state index contributed by atoms with van der Waals surface area (Å²) in [4.78, 5) is 0. The summed E-state index contributed by atoms with van der Waals surface area (Å²) < 4.78 is 79.9. The maximum absolute atomic E-state index is 14.0. The van der Waals surface area contributed by atoms with E-state index in [1.807, 2.05) is 0 Å². The van der Waals surface area contributed by atoms with Crippen LogP contribution in [0, 0.1) is 5.82 Å². The Kier molecular flexibility index (Phi) is 5.41. The number of anilines is 1. The van der Waals surface area contributed by atoms with Crippen molar-refractivity contribution in [2.24, 2.45) is 0 Å². The Labute approximate surface area is 125 Å². The van der Waals surface area contributed by atoms with Crippen LogP contribution in [-0.4, -0.2) is 12.0 Å². The van der Waals surface area contributed by atoms with Gasteiger partial charge in [0.2, 0.25) is 0 Å². The summed E-state index contributed by atoms with van der Waals surface area (Å²) in [6, 6.07) is 0.143. The molecule has 0 amide bonds. The molecular formula is C15H19F6N. The highest BCUT2D eigenvalue weighted by Gasteiger charge is 2.37. The largest absolute Gasteiger partial charge is 0.416 e. The molecule has 0 bridgehead atoms. The second-order valence-electron chi connectivity index (χ2n) is 5.63. The molecule has 126 valence electrons. The lowest BCUT2D eigenvalue weighted by atomic mass is 9.95. The Balaban J connectivity index is 3.33. The minimum atomic E-state index is -4.76. The third kappa shape index (κ3) is 4.30. The first-order valence-corrected chi connectivity index (χ1v) is 6.92. The minimum absolute atomic E-state index is 0.0155. The molecule has 0 fully saturated rings. The number of halogens is 6. The molecule has 0 aliphatic rings. The molecule has 1 rings (SSSR count). The zero-order valence-electron chi connectivity index (χ0n) is 12.8. The van der Waals surface area contributed by atoms with Crippen molar-refractivity contribution in [1.82, 2.24) is 0 Å². The molecule has 0 saturated carbocycles. The summed E-state index contributed by atoms with van der Waals surface area (Å²) in [5, 5.41) is 2.30. The lowest BCUT2D eigenvalue weighted by molar-refractivity contribution is -0.138. The highest BCUT2D eigenvalue weighted by atomic mass is 19.4. The SMILES string of the molecule is CCC(Nc1cc(F)c(C(C)C)c(C(F)(F)F)c1)C(C)(F)F. The summed E-state index contributed by atoms with van der Waals surface area (Å²) in [6.07, 6.45) is -4.77. The lowest BCUT2D eigenvalue weighted by Gasteiger charge is -2.26. The van der Waals surface area contributed by atoms with Crippen LogP contribution in [0.5, 0.6) is 0 Å². The van der Waals surface area contributed by atoms with Crippen molar-refractivity contribution in [3.63, 3.8) is 0 Å². The van der Waals surface area contributed by atoms with Gasteiger partial charge in [0.25, 0.3) is 5.92 Å². The van der Waals surface area contributed by atoms with Gasteiger partial charge in [-0.2, -0.15) is 13.2 Å². The molecule has 0 aliphatic carbocycles. The average Bonchev–Trinajstić information content (AvgIpc) is 2.32. The van der Waals surface area contributed by atoms with Gasteiger partial charge in [-0.3, -0.25) is 0 Å². The first-order chi connectivity index (χ1) is 9.87. The van der Waals surface area contributed by atoms with Crippen LogP contribution in [0.3, 0.4) is 0 Å². The van der Waals surface area contributed by atoms with E-state index in [2.05, 4.69) is 5.32 Å². The van der Waals surface area contributed by atoms with Crippen molar-refractivity contribution < 1.29 is 26.3 Å². The summed E-state index contributed by atoms with van der Waals surface area (Å²) in [5.74, 6) is -4.87. The van der Waals surface area contributed by atoms with Crippen molar-refractivity contribution in [1.29, 1.82) is 0 Å². The fourth-order valence-corrected chi connectivity index (χ4v) is 2.31. The fourth-order valence-electron chi connectivity index (χ4n) is 2.31. The number of hydrogen-bond donors (Lipinski definition) is 1. The summed E-state index contributed by atoms with van der Waals surface area (Å²) in [5.41, 5.74) is -1.91. The van der Waals surface area contributed by atoms with E-state index in [1.54, 1.807) is 0 Å². The molecule has 0 heterocycles. The van der Waals surface area contributed by atoms with E-state index in [0.29, 0.717) is 13.0 Å². The number of nitrogens with one attached hydrogen (secondary N) is 1. The maximum atomic E-state index is 14.0. The van der Waals surface area contributed by atoms with Gasteiger partial charge in [-0.25, -0.2) is 13.2 Å². The van der Waals surface area contributed by atoms with Gasteiger partial charge in [-0.15, -0.1) is 0 Å². The Hall–Kier alpha value is -1.40. The monoisotopic (exact) mass is 327 g/mol. The van der Waals surface area contributed by atoms with Gasteiger partial charge in [0.05, 0.1) is 11.6 Å². The number of rotatable bonds is 5. The molecule has 0 spiro atoms. The molecule has 1 unspecified atom stereocenters.